The van der Waals surface area contributed by atoms with Gasteiger partial charge in [0.1, 0.15) is 13.2 Å². The van der Waals surface area contributed by atoms with Crippen molar-refractivity contribution >= 4 is 23.8 Å². The first-order chi connectivity index (χ1) is 15.6. The van der Waals surface area contributed by atoms with E-state index in [4.69, 9.17) is 19.3 Å². The van der Waals surface area contributed by atoms with Crippen molar-refractivity contribution in [3.63, 3.8) is 0 Å². The zero-order valence-electron chi connectivity index (χ0n) is 20.2. The van der Waals surface area contributed by atoms with E-state index in [1.54, 1.807) is 18.7 Å². The van der Waals surface area contributed by atoms with Crippen molar-refractivity contribution in [2.75, 3.05) is 40.1 Å². The Morgan fingerprint density at radius 2 is 1.85 bits per heavy atom. The van der Waals surface area contributed by atoms with Gasteiger partial charge in [-0.3, -0.25) is 14.4 Å². The number of amides is 1. The van der Waals surface area contributed by atoms with Crippen LogP contribution >= 0.6 is 0 Å². The Kier molecular flexibility index (Phi) is 12.4. The van der Waals surface area contributed by atoms with Crippen molar-refractivity contribution < 1.29 is 43.6 Å². The molecule has 0 aromatic carbocycles. The third-order valence-corrected chi connectivity index (χ3v) is 6.16. The molecule has 1 amide bonds. The van der Waals surface area contributed by atoms with Crippen LogP contribution < -0.4 is 5.11 Å². The monoisotopic (exact) mass is 472 g/mol. The molecule has 0 aliphatic carbocycles. The number of aliphatic carboxylic acids is 1. The molecule has 1 fully saturated rings. The molecule has 1 rings (SSSR count). The number of ether oxygens (including phenoxy) is 3. The van der Waals surface area contributed by atoms with E-state index in [9.17, 15) is 24.3 Å². The summed E-state index contributed by atoms with van der Waals surface area (Å²) >= 11 is 0. The van der Waals surface area contributed by atoms with Crippen molar-refractivity contribution in [2.24, 2.45) is 17.3 Å². The smallest absolute Gasteiger partial charge is 0.311 e. The predicted octanol–water partition coefficient (Wildman–Crippen LogP) is 0.291. The second-order valence-corrected chi connectivity index (χ2v) is 8.89. The van der Waals surface area contributed by atoms with Gasteiger partial charge in [-0.2, -0.15) is 0 Å². The van der Waals surface area contributed by atoms with Crippen LogP contribution in [0, 0.1) is 17.3 Å². The lowest BCUT2D eigenvalue weighted by Crippen LogP contribution is -2.43. The van der Waals surface area contributed by atoms with Crippen LogP contribution in [0.1, 0.15) is 59.3 Å². The molecule has 0 spiro atoms. The Morgan fingerprint density at radius 3 is 2.36 bits per heavy atom. The van der Waals surface area contributed by atoms with Crippen LogP contribution in [-0.2, 0) is 33.4 Å². The van der Waals surface area contributed by atoms with E-state index < -0.39 is 35.2 Å². The lowest BCUT2D eigenvalue weighted by atomic mass is 9.73. The molecule has 1 heterocycles. The molecule has 4 atom stereocenters. The van der Waals surface area contributed by atoms with Gasteiger partial charge in [0.25, 0.3) is 0 Å². The largest absolute Gasteiger partial charge is 0.550 e. The van der Waals surface area contributed by atoms with Gasteiger partial charge < -0.3 is 34.1 Å². The van der Waals surface area contributed by atoms with Gasteiger partial charge in [-0.15, -0.1) is 0 Å². The van der Waals surface area contributed by atoms with E-state index >= 15 is 0 Å². The zero-order chi connectivity index (χ0) is 25.0. The molecule has 0 bridgehead atoms. The molecule has 1 N–H and O–H groups in total. The molecular weight excluding hydrogens is 434 g/mol. The summed E-state index contributed by atoms with van der Waals surface area (Å²) in [4.78, 5) is 51.3. The van der Waals surface area contributed by atoms with Crippen LogP contribution in [0.2, 0.25) is 0 Å². The van der Waals surface area contributed by atoms with Crippen molar-refractivity contribution in [2.45, 2.75) is 65.3 Å². The number of nitrogens with zero attached hydrogens (tertiary/aromatic N) is 1. The van der Waals surface area contributed by atoms with Crippen LogP contribution in [0.25, 0.3) is 0 Å². The maximum absolute atomic E-state index is 13.0. The number of carboxylic acids is 1. The lowest BCUT2D eigenvalue weighted by Gasteiger charge is -2.36. The fourth-order valence-corrected chi connectivity index (χ4v) is 4.38. The van der Waals surface area contributed by atoms with E-state index in [0.29, 0.717) is 13.0 Å². The normalized spacial score (nSPS) is 18.3. The first-order valence-corrected chi connectivity index (χ1v) is 11.5. The van der Waals surface area contributed by atoms with Crippen LogP contribution in [0.5, 0.6) is 0 Å². The molecule has 10 heteroatoms. The van der Waals surface area contributed by atoms with E-state index in [2.05, 4.69) is 0 Å². The second kappa shape index (κ2) is 14.1. The standard InChI is InChI=1S/C23H39NO9/c1-5-17(20(27)28)13-18(21(29)32-12-11-31-4)15-23(3,22(30)33-10-9-25)14-16(2)24-8-6-7-19(24)26/h16-18,25H,5-15H2,1-4H3,(H,27,28)/p-1. The number of hydrogen-bond donors (Lipinski definition) is 1. The van der Waals surface area contributed by atoms with E-state index in [1.807, 2.05) is 6.92 Å². The van der Waals surface area contributed by atoms with E-state index in [1.165, 1.54) is 7.11 Å². The van der Waals surface area contributed by atoms with Crippen LogP contribution in [-0.4, -0.2) is 79.9 Å². The third kappa shape index (κ3) is 8.92. The number of carbonyl (C=O) groups excluding carboxylic acids is 4. The summed E-state index contributed by atoms with van der Waals surface area (Å²) in [5.41, 5.74) is -1.22. The molecule has 4 unspecified atom stereocenters. The Labute approximate surface area is 195 Å². The van der Waals surface area contributed by atoms with Crippen molar-refractivity contribution in [3.8, 4) is 0 Å². The van der Waals surface area contributed by atoms with E-state index in [0.717, 1.165) is 6.42 Å². The van der Waals surface area contributed by atoms with Crippen LogP contribution in [0.4, 0.5) is 0 Å². The molecule has 0 aromatic heterocycles. The van der Waals surface area contributed by atoms with Gasteiger partial charge >= 0.3 is 11.9 Å². The maximum atomic E-state index is 13.0. The van der Waals surface area contributed by atoms with Crippen LogP contribution in [0.3, 0.4) is 0 Å². The first kappa shape index (κ1) is 28.8. The molecule has 1 aliphatic heterocycles. The second-order valence-electron chi connectivity index (χ2n) is 8.89. The minimum Gasteiger partial charge on any atom is -0.550 e. The maximum Gasteiger partial charge on any atom is 0.311 e. The van der Waals surface area contributed by atoms with Gasteiger partial charge in [0, 0.05) is 32.1 Å². The molecular formula is C23H38NO9-. The predicted molar refractivity (Wildman–Crippen MR) is 116 cm³/mol. The summed E-state index contributed by atoms with van der Waals surface area (Å²) in [6.45, 7) is 5.37. The molecule has 190 valence electrons. The number of hydrogen-bond acceptors (Lipinski definition) is 9. The number of carbonyl (C=O) groups is 4. The average Bonchev–Trinajstić information content (AvgIpc) is 3.20. The summed E-state index contributed by atoms with van der Waals surface area (Å²) in [7, 11) is 1.46. The van der Waals surface area contributed by atoms with Crippen molar-refractivity contribution in [3.05, 3.63) is 0 Å². The highest BCUT2D eigenvalue weighted by atomic mass is 16.6. The number of likely N-dealkylation sites (tertiary alicyclic amines) is 1. The fourth-order valence-electron chi connectivity index (χ4n) is 4.38. The van der Waals surface area contributed by atoms with Crippen molar-refractivity contribution in [1.29, 1.82) is 0 Å². The van der Waals surface area contributed by atoms with Gasteiger partial charge in [0.15, 0.2) is 0 Å². The molecule has 10 nitrogen and oxygen atoms in total. The van der Waals surface area contributed by atoms with Gasteiger partial charge in [-0.1, -0.05) is 6.92 Å². The molecule has 0 radical (unpaired) electrons. The summed E-state index contributed by atoms with van der Waals surface area (Å²) in [5, 5.41) is 20.6. The number of aliphatic hydroxyl groups is 1. The summed E-state index contributed by atoms with van der Waals surface area (Å²) in [6.07, 6.45) is 1.59. The topological polar surface area (TPSA) is 142 Å². The fraction of sp³-hybridized carbons (Fsp3) is 0.826. The molecule has 1 saturated heterocycles. The van der Waals surface area contributed by atoms with Gasteiger partial charge in [0.05, 0.1) is 24.5 Å². The zero-order valence-corrected chi connectivity index (χ0v) is 20.2. The van der Waals surface area contributed by atoms with Gasteiger partial charge in [-0.25, -0.2) is 0 Å². The van der Waals surface area contributed by atoms with E-state index in [-0.39, 0.29) is 64.1 Å². The minimum atomic E-state index is -1.27. The Bertz CT molecular complexity index is 668. The first-order valence-electron chi connectivity index (χ1n) is 11.5. The SMILES string of the molecule is CCC(CC(CC(C)(CC(C)N1CCCC1=O)C(=O)OCCO)C(=O)OCCOC)C(=O)[O-]. The highest BCUT2D eigenvalue weighted by Crippen LogP contribution is 2.38. The number of methoxy groups -OCH3 is 1. The minimum absolute atomic E-state index is 0.00168. The van der Waals surface area contributed by atoms with Crippen molar-refractivity contribution in [1.82, 2.24) is 4.90 Å². The Morgan fingerprint density at radius 1 is 1.15 bits per heavy atom. The highest BCUT2D eigenvalue weighted by Gasteiger charge is 2.43. The highest BCUT2D eigenvalue weighted by molar-refractivity contribution is 5.80. The number of esters is 2. The number of aliphatic hydroxyl groups excluding tert-OH is 1. The van der Waals surface area contributed by atoms with Gasteiger partial charge in [-0.05, 0) is 51.9 Å². The molecule has 1 aliphatic rings. The Balaban J connectivity index is 3.16. The van der Waals surface area contributed by atoms with Gasteiger partial charge in [0.2, 0.25) is 5.91 Å². The summed E-state index contributed by atoms with van der Waals surface area (Å²) in [6, 6.07) is -0.292. The Hall–Kier alpha value is -2.20. The quantitative estimate of drug-likeness (QED) is 0.248. The lowest BCUT2D eigenvalue weighted by molar-refractivity contribution is -0.312. The molecule has 0 aromatic rings. The number of rotatable bonds is 16. The molecule has 33 heavy (non-hydrogen) atoms. The van der Waals surface area contributed by atoms with Crippen LogP contribution in [0.15, 0.2) is 0 Å². The molecule has 0 saturated carbocycles. The summed E-state index contributed by atoms with van der Waals surface area (Å²) < 4.78 is 15.4. The third-order valence-electron chi connectivity index (χ3n) is 6.16. The average molecular weight is 473 g/mol. The summed E-state index contributed by atoms with van der Waals surface area (Å²) in [5.74, 6) is -4.30. The number of carboxylic acid groups (broad SMARTS) is 1.